The van der Waals surface area contributed by atoms with Gasteiger partial charge in [0.1, 0.15) is 11.6 Å². The number of benzene rings is 1. The van der Waals surface area contributed by atoms with Crippen molar-refractivity contribution in [1.29, 1.82) is 0 Å². The van der Waals surface area contributed by atoms with E-state index in [9.17, 15) is 13.6 Å². The zero-order chi connectivity index (χ0) is 14.0. The van der Waals surface area contributed by atoms with Crippen molar-refractivity contribution in [1.82, 2.24) is 5.32 Å². The van der Waals surface area contributed by atoms with Gasteiger partial charge in [0.25, 0.3) is 0 Å². The molecule has 104 valence electrons. The van der Waals surface area contributed by atoms with Crippen molar-refractivity contribution >= 4 is 11.6 Å². The quantitative estimate of drug-likeness (QED) is 0.866. The maximum atomic E-state index is 13.5. The summed E-state index contributed by atoms with van der Waals surface area (Å²) in [5, 5.41) is 5.60. The number of hydrogen-bond acceptors (Lipinski definition) is 2. The lowest BCUT2D eigenvalue weighted by molar-refractivity contribution is -0.121. The number of carbonyl (C=O) groups excluding carboxylic acids is 1. The summed E-state index contributed by atoms with van der Waals surface area (Å²) in [7, 11) is 0. The molecule has 19 heavy (non-hydrogen) atoms. The second-order valence-corrected chi connectivity index (χ2v) is 5.59. The maximum Gasteiger partial charge on any atom is 0.242 e. The maximum absolute atomic E-state index is 13.5. The molecule has 0 saturated carbocycles. The molecule has 0 spiro atoms. The molecule has 2 N–H and O–H groups in total. The Morgan fingerprint density at radius 1 is 1.42 bits per heavy atom. The smallest absolute Gasteiger partial charge is 0.242 e. The second kappa shape index (κ2) is 5.25. The zero-order valence-corrected chi connectivity index (χ0v) is 11.1. The molecular weight excluding hydrogens is 250 g/mol. The third-order valence-electron chi connectivity index (χ3n) is 3.58. The van der Waals surface area contributed by atoms with E-state index in [2.05, 4.69) is 10.6 Å². The highest BCUT2D eigenvalue weighted by Crippen LogP contribution is 2.31. The Kier molecular flexibility index (Phi) is 3.85. The highest BCUT2D eigenvalue weighted by Gasteiger charge is 2.37. The van der Waals surface area contributed by atoms with Gasteiger partial charge in [-0.2, -0.15) is 0 Å². The third-order valence-corrected chi connectivity index (χ3v) is 3.58. The van der Waals surface area contributed by atoms with E-state index in [1.165, 1.54) is 0 Å². The summed E-state index contributed by atoms with van der Waals surface area (Å²) < 4.78 is 26.5. The molecule has 5 heteroatoms. The Morgan fingerprint density at radius 2 is 2.16 bits per heavy atom. The van der Waals surface area contributed by atoms with Crippen LogP contribution in [0.25, 0.3) is 0 Å². The molecule has 1 saturated heterocycles. The molecule has 0 aliphatic carbocycles. The van der Waals surface area contributed by atoms with Crippen LogP contribution in [0, 0.1) is 17.0 Å². The minimum atomic E-state index is -0.636. The van der Waals surface area contributed by atoms with E-state index in [0.717, 1.165) is 37.6 Å². The van der Waals surface area contributed by atoms with Gasteiger partial charge < -0.3 is 10.6 Å². The van der Waals surface area contributed by atoms with Gasteiger partial charge in [-0.1, -0.05) is 13.8 Å². The molecule has 2 rings (SSSR count). The standard InChI is InChI=1S/C14H18F2N2O/c1-14(2)6-3-7-17-12(14)13(19)18-11-8-9(15)4-5-10(11)16/h4-5,8,12,17H,3,6-7H2,1-2H3,(H,18,19). The molecule has 1 atom stereocenters. The van der Waals surface area contributed by atoms with Crippen LogP contribution in [0.2, 0.25) is 0 Å². The average molecular weight is 268 g/mol. The first-order valence-corrected chi connectivity index (χ1v) is 6.39. The molecule has 1 heterocycles. The average Bonchev–Trinajstić information content (AvgIpc) is 2.33. The Labute approximate surface area is 111 Å². The first-order valence-electron chi connectivity index (χ1n) is 6.39. The first-order chi connectivity index (χ1) is 8.90. The summed E-state index contributed by atoms with van der Waals surface area (Å²) in [6.45, 7) is 4.74. The number of nitrogens with one attached hydrogen (secondary N) is 2. The fourth-order valence-electron chi connectivity index (χ4n) is 2.46. The van der Waals surface area contributed by atoms with Crippen LogP contribution in [0.5, 0.6) is 0 Å². The number of hydrogen-bond donors (Lipinski definition) is 2. The van der Waals surface area contributed by atoms with E-state index >= 15 is 0 Å². The highest BCUT2D eigenvalue weighted by molar-refractivity contribution is 5.95. The number of amides is 1. The fourth-order valence-corrected chi connectivity index (χ4v) is 2.46. The lowest BCUT2D eigenvalue weighted by Gasteiger charge is -2.38. The number of rotatable bonds is 2. The molecule has 1 aliphatic rings. The van der Waals surface area contributed by atoms with Crippen LogP contribution in [0.3, 0.4) is 0 Å². The number of piperidine rings is 1. The van der Waals surface area contributed by atoms with Gasteiger partial charge in [-0.25, -0.2) is 8.78 Å². The van der Waals surface area contributed by atoms with Crippen LogP contribution in [0.4, 0.5) is 14.5 Å². The minimum Gasteiger partial charge on any atom is -0.322 e. The largest absolute Gasteiger partial charge is 0.322 e. The van der Waals surface area contributed by atoms with Gasteiger partial charge in [0.2, 0.25) is 5.91 Å². The van der Waals surface area contributed by atoms with Crippen molar-refractivity contribution in [2.24, 2.45) is 5.41 Å². The molecule has 0 radical (unpaired) electrons. The van der Waals surface area contributed by atoms with Crippen molar-refractivity contribution in [3.8, 4) is 0 Å². The summed E-state index contributed by atoms with van der Waals surface area (Å²) in [4.78, 5) is 12.2. The molecule has 0 bridgehead atoms. The minimum absolute atomic E-state index is 0.117. The van der Waals surface area contributed by atoms with Crippen molar-refractivity contribution in [2.45, 2.75) is 32.7 Å². The zero-order valence-electron chi connectivity index (χ0n) is 11.1. The monoisotopic (exact) mass is 268 g/mol. The lowest BCUT2D eigenvalue weighted by atomic mass is 9.77. The second-order valence-electron chi connectivity index (χ2n) is 5.59. The molecule has 1 aromatic rings. The molecule has 1 amide bonds. The van der Waals surface area contributed by atoms with Crippen molar-refractivity contribution in [3.63, 3.8) is 0 Å². The van der Waals surface area contributed by atoms with E-state index in [1.807, 2.05) is 13.8 Å². The van der Waals surface area contributed by atoms with Crippen LogP contribution in [0.15, 0.2) is 18.2 Å². The molecule has 1 aliphatic heterocycles. The predicted octanol–water partition coefficient (Wildman–Crippen LogP) is 2.68. The van der Waals surface area contributed by atoms with E-state index in [0.29, 0.717) is 0 Å². The van der Waals surface area contributed by atoms with Crippen LogP contribution < -0.4 is 10.6 Å². The third kappa shape index (κ3) is 3.10. The van der Waals surface area contributed by atoms with E-state index in [-0.39, 0.29) is 17.0 Å². The SMILES string of the molecule is CC1(C)CCCNC1C(=O)Nc1cc(F)ccc1F. The normalized spacial score (nSPS) is 22.0. The van der Waals surface area contributed by atoms with Gasteiger partial charge in [0.05, 0.1) is 11.7 Å². The van der Waals surface area contributed by atoms with Gasteiger partial charge >= 0.3 is 0 Å². The first kappa shape index (κ1) is 13.9. The van der Waals surface area contributed by atoms with E-state index < -0.39 is 17.7 Å². The van der Waals surface area contributed by atoms with E-state index in [1.54, 1.807) is 0 Å². The van der Waals surface area contributed by atoms with Gasteiger partial charge in [-0.3, -0.25) is 4.79 Å². The van der Waals surface area contributed by atoms with Gasteiger partial charge in [0, 0.05) is 6.07 Å². The number of halogens is 2. The molecule has 3 nitrogen and oxygen atoms in total. The number of carbonyl (C=O) groups is 1. The predicted molar refractivity (Wildman–Crippen MR) is 69.8 cm³/mol. The summed E-state index contributed by atoms with van der Waals surface area (Å²) in [6, 6.07) is 2.62. The topological polar surface area (TPSA) is 41.1 Å². The van der Waals surface area contributed by atoms with Gasteiger partial charge in [-0.05, 0) is 36.9 Å². The summed E-state index contributed by atoms with van der Waals surface area (Å²) in [5.74, 6) is -1.54. The van der Waals surface area contributed by atoms with Gasteiger partial charge in [-0.15, -0.1) is 0 Å². The molecule has 1 unspecified atom stereocenters. The van der Waals surface area contributed by atoms with Crippen molar-refractivity contribution in [3.05, 3.63) is 29.8 Å². The van der Waals surface area contributed by atoms with Crippen LogP contribution >= 0.6 is 0 Å². The molecule has 1 fully saturated rings. The van der Waals surface area contributed by atoms with Crippen molar-refractivity contribution < 1.29 is 13.6 Å². The summed E-state index contributed by atoms with van der Waals surface area (Å²) in [6.07, 6.45) is 1.93. The molecule has 0 aromatic heterocycles. The Hall–Kier alpha value is -1.49. The molecule has 1 aromatic carbocycles. The summed E-state index contributed by atoms with van der Waals surface area (Å²) >= 11 is 0. The van der Waals surface area contributed by atoms with Crippen molar-refractivity contribution in [2.75, 3.05) is 11.9 Å². The van der Waals surface area contributed by atoms with Gasteiger partial charge in [0.15, 0.2) is 0 Å². The molecular formula is C14H18F2N2O. The number of anilines is 1. The summed E-state index contributed by atoms with van der Waals surface area (Å²) in [5.41, 5.74) is -0.320. The Morgan fingerprint density at radius 3 is 2.84 bits per heavy atom. The highest BCUT2D eigenvalue weighted by atomic mass is 19.1. The Balaban J connectivity index is 2.14. The lowest BCUT2D eigenvalue weighted by Crippen LogP contribution is -2.53. The van der Waals surface area contributed by atoms with Crippen LogP contribution in [-0.4, -0.2) is 18.5 Å². The van der Waals surface area contributed by atoms with Crippen LogP contribution in [0.1, 0.15) is 26.7 Å². The van der Waals surface area contributed by atoms with Crippen LogP contribution in [-0.2, 0) is 4.79 Å². The fraction of sp³-hybridized carbons (Fsp3) is 0.500. The van der Waals surface area contributed by atoms with E-state index in [4.69, 9.17) is 0 Å². The Bertz CT molecular complexity index is 488.